The summed E-state index contributed by atoms with van der Waals surface area (Å²) in [5, 5.41) is 8.77. The Morgan fingerprint density at radius 3 is 2.86 bits per heavy atom. The number of thioether (sulfide) groups is 1. The van der Waals surface area contributed by atoms with Crippen molar-refractivity contribution in [3.8, 4) is 0 Å². The Morgan fingerprint density at radius 2 is 2.43 bits per heavy atom. The molecule has 0 radical (unpaired) electrons. The van der Waals surface area contributed by atoms with E-state index in [0.717, 1.165) is 0 Å². The van der Waals surface area contributed by atoms with Gasteiger partial charge in [0.15, 0.2) is 0 Å². The van der Waals surface area contributed by atoms with Gasteiger partial charge in [0.25, 0.3) is 0 Å². The highest BCUT2D eigenvalue weighted by Crippen LogP contribution is 2.10. The highest BCUT2D eigenvalue weighted by molar-refractivity contribution is 7.99. The first kappa shape index (κ1) is 11.3. The maximum atomic E-state index is 10.7. The van der Waals surface area contributed by atoms with E-state index in [4.69, 9.17) is 17.9 Å². The molecule has 14 heavy (non-hydrogen) atoms. The van der Waals surface area contributed by atoms with Gasteiger partial charge in [0, 0.05) is 19.4 Å². The molecule has 0 aromatic heterocycles. The van der Waals surface area contributed by atoms with Crippen LogP contribution in [-0.4, -0.2) is 40.5 Å². The van der Waals surface area contributed by atoms with E-state index >= 15 is 0 Å². The molecule has 0 unspecified atom stereocenters. The normalized spacial score (nSPS) is 17.3. The van der Waals surface area contributed by atoms with Crippen molar-refractivity contribution in [1.29, 1.82) is 0 Å². The van der Waals surface area contributed by atoms with Crippen molar-refractivity contribution in [3.63, 3.8) is 0 Å². The van der Waals surface area contributed by atoms with E-state index in [9.17, 15) is 4.79 Å². The molecule has 82 valence electrons. The lowest BCUT2D eigenvalue weighted by atomic mass is 10.1. The van der Waals surface area contributed by atoms with Gasteiger partial charge in [-0.1, -0.05) is 0 Å². The molecule has 0 saturated carbocycles. The van der Waals surface area contributed by atoms with Crippen LogP contribution in [0.4, 0.5) is 0 Å². The number of carbonyl (C=O) groups is 1. The number of hydrogen-bond donors (Lipinski definition) is 3. The van der Waals surface area contributed by atoms with Gasteiger partial charge in [-0.15, -0.1) is 0 Å². The fraction of sp³-hybridized carbons (Fsp3) is 0.750. The first-order valence-electron chi connectivity index (χ1n) is 4.79. The van der Waals surface area contributed by atoms with Crippen molar-refractivity contribution in [3.05, 3.63) is 0 Å². The number of nitrogens with two attached hydrogens (primary N) is 2. The van der Waals surface area contributed by atoms with Crippen LogP contribution in [0.3, 0.4) is 0 Å². The third kappa shape index (κ3) is 5.82. The molecule has 0 aliphatic heterocycles. The van der Waals surface area contributed by atoms with E-state index in [2.05, 4.69) is 4.99 Å². The quantitative estimate of drug-likeness (QED) is 0.329. The van der Waals surface area contributed by atoms with Crippen molar-refractivity contribution in [2.75, 3.05) is 18.1 Å². The van der Waals surface area contributed by atoms with Crippen molar-refractivity contribution in [2.45, 2.75) is 19.4 Å². The van der Waals surface area contributed by atoms with E-state index in [1.807, 2.05) is 0 Å². The SMILES string of the molecule is [2H]C[C@](N)(CSCCN=C(C)N)C(=O)O. The number of aliphatic imine (C=N–C) groups is 1. The van der Waals surface area contributed by atoms with Crippen molar-refractivity contribution in [1.82, 2.24) is 0 Å². The Balaban J connectivity index is 3.84. The summed E-state index contributed by atoms with van der Waals surface area (Å²) in [5.41, 5.74) is 9.39. The summed E-state index contributed by atoms with van der Waals surface area (Å²) in [6.45, 7) is 1.91. The maximum absolute atomic E-state index is 10.7. The smallest absolute Gasteiger partial charge is 0.324 e. The lowest BCUT2D eigenvalue weighted by molar-refractivity contribution is -0.141. The average molecular weight is 220 g/mol. The molecule has 0 aliphatic carbocycles. The Bertz CT molecular complexity index is 246. The van der Waals surface area contributed by atoms with Gasteiger partial charge in [0.2, 0.25) is 0 Å². The number of aliphatic carboxylic acids is 1. The third-order valence-corrected chi connectivity index (χ3v) is 2.57. The lowest BCUT2D eigenvalue weighted by Crippen LogP contribution is -2.47. The molecule has 6 heteroatoms. The minimum atomic E-state index is -1.45. The number of carboxylic acid groups (broad SMARTS) is 1. The topological polar surface area (TPSA) is 102 Å². The summed E-state index contributed by atoms with van der Waals surface area (Å²) >= 11 is 1.37. The van der Waals surface area contributed by atoms with Crippen LogP contribution < -0.4 is 11.5 Å². The van der Waals surface area contributed by atoms with Crippen LogP contribution in [-0.2, 0) is 4.79 Å². The Kier molecular flexibility index (Phi) is 4.75. The number of nitrogens with zero attached hydrogens (tertiary/aromatic N) is 1. The van der Waals surface area contributed by atoms with Gasteiger partial charge in [-0.2, -0.15) is 11.8 Å². The van der Waals surface area contributed by atoms with Crippen molar-refractivity contribution in [2.24, 2.45) is 16.5 Å². The summed E-state index contributed by atoms with van der Waals surface area (Å²) in [7, 11) is 0. The van der Waals surface area contributed by atoms with Crippen molar-refractivity contribution >= 4 is 23.6 Å². The first-order valence-corrected chi connectivity index (χ1v) is 5.23. The second-order valence-electron chi connectivity index (χ2n) is 3.04. The number of amidine groups is 1. The van der Waals surface area contributed by atoms with Crippen LogP contribution in [0.1, 0.15) is 15.2 Å². The van der Waals surface area contributed by atoms with Gasteiger partial charge in [0.05, 0.1) is 5.84 Å². The largest absolute Gasteiger partial charge is 0.480 e. The van der Waals surface area contributed by atoms with Gasteiger partial charge in [-0.25, -0.2) is 0 Å². The molecular formula is C8H17N3O2S. The second kappa shape index (κ2) is 5.87. The molecule has 0 bridgehead atoms. The molecular weight excluding hydrogens is 202 g/mol. The summed E-state index contributed by atoms with van der Waals surface area (Å²) in [6, 6.07) is 0. The van der Waals surface area contributed by atoms with Gasteiger partial charge >= 0.3 is 5.97 Å². The molecule has 0 saturated heterocycles. The molecule has 0 heterocycles. The van der Waals surface area contributed by atoms with E-state index < -0.39 is 11.5 Å². The molecule has 0 aromatic rings. The van der Waals surface area contributed by atoms with Crippen molar-refractivity contribution < 1.29 is 11.3 Å². The molecule has 0 amide bonds. The molecule has 0 rings (SSSR count). The molecule has 1 atom stereocenters. The Morgan fingerprint density at radius 1 is 1.79 bits per heavy atom. The van der Waals surface area contributed by atoms with Crippen LogP contribution in [0.25, 0.3) is 0 Å². The van der Waals surface area contributed by atoms with E-state index in [1.165, 1.54) is 11.8 Å². The molecule has 5 N–H and O–H groups in total. The van der Waals surface area contributed by atoms with E-state index in [-0.39, 0.29) is 12.7 Å². The molecule has 0 aliphatic rings. The zero-order valence-corrected chi connectivity index (χ0v) is 9.01. The van der Waals surface area contributed by atoms with Gasteiger partial charge in [-0.3, -0.25) is 9.79 Å². The molecule has 0 fully saturated rings. The highest BCUT2D eigenvalue weighted by Gasteiger charge is 2.27. The minimum Gasteiger partial charge on any atom is -0.480 e. The third-order valence-electron chi connectivity index (χ3n) is 1.38. The lowest BCUT2D eigenvalue weighted by Gasteiger charge is -2.17. The number of carboxylic acids is 1. The van der Waals surface area contributed by atoms with Crippen LogP contribution >= 0.6 is 11.8 Å². The maximum Gasteiger partial charge on any atom is 0.324 e. The fourth-order valence-electron chi connectivity index (χ4n) is 0.603. The minimum absolute atomic E-state index is 0.213. The molecule has 5 nitrogen and oxygen atoms in total. The zero-order valence-electron chi connectivity index (χ0n) is 9.19. The number of rotatable bonds is 6. The Hall–Kier alpha value is -0.750. The predicted molar refractivity (Wildman–Crippen MR) is 59.7 cm³/mol. The Labute approximate surface area is 89.4 Å². The summed E-state index contributed by atoms with van der Waals surface area (Å²) in [5.74, 6) is 0.239. The van der Waals surface area contributed by atoms with Crippen LogP contribution in [0, 0.1) is 0 Å². The zero-order chi connectivity index (χ0) is 11.9. The molecule has 0 spiro atoms. The summed E-state index contributed by atoms with van der Waals surface area (Å²) < 4.78 is 7.07. The highest BCUT2D eigenvalue weighted by atomic mass is 32.2. The van der Waals surface area contributed by atoms with Crippen LogP contribution in [0.5, 0.6) is 0 Å². The first-order chi connectivity index (χ1) is 6.92. The van der Waals surface area contributed by atoms with E-state index in [0.29, 0.717) is 18.1 Å². The van der Waals surface area contributed by atoms with E-state index in [1.54, 1.807) is 6.92 Å². The van der Waals surface area contributed by atoms with Crippen LogP contribution in [0.15, 0.2) is 4.99 Å². The van der Waals surface area contributed by atoms with Gasteiger partial charge < -0.3 is 16.6 Å². The molecule has 0 aromatic carbocycles. The van der Waals surface area contributed by atoms with Gasteiger partial charge in [-0.05, 0) is 13.8 Å². The fourth-order valence-corrected chi connectivity index (χ4v) is 1.46. The second-order valence-corrected chi connectivity index (χ2v) is 4.14. The average Bonchev–Trinajstić information content (AvgIpc) is 2.16. The monoisotopic (exact) mass is 220 g/mol. The standard InChI is InChI=1S/C8H17N3O2S/c1-6(9)11-3-4-14-5-8(2,10)7(12)13/h3-5,10H2,1-2H3,(H2,9,11)(H,12,13)/t8-/m0/s1/i2D. The predicted octanol–water partition coefficient (Wildman–Crippen LogP) is -0.101. The van der Waals surface area contributed by atoms with Crippen LogP contribution in [0.2, 0.25) is 0 Å². The number of hydrogen-bond acceptors (Lipinski definition) is 4. The van der Waals surface area contributed by atoms with Gasteiger partial charge in [0.1, 0.15) is 5.54 Å². The summed E-state index contributed by atoms with van der Waals surface area (Å²) in [4.78, 5) is 14.7. The summed E-state index contributed by atoms with van der Waals surface area (Å²) in [6.07, 6.45) is 0.